The highest BCUT2D eigenvalue weighted by Gasteiger charge is 2.22. The van der Waals surface area contributed by atoms with Gasteiger partial charge in [-0.3, -0.25) is 0 Å². The summed E-state index contributed by atoms with van der Waals surface area (Å²) in [5.74, 6) is -3.64. The molecule has 0 atom stereocenters. The number of rotatable bonds is 4. The predicted molar refractivity (Wildman–Crippen MR) is 58.3 cm³/mol. The van der Waals surface area contributed by atoms with E-state index in [2.05, 4.69) is 4.74 Å². The van der Waals surface area contributed by atoms with Crippen LogP contribution < -0.4 is 5.14 Å². The Morgan fingerprint density at radius 2 is 1.94 bits per heavy atom. The van der Waals surface area contributed by atoms with Gasteiger partial charge in [-0.25, -0.2) is 27.1 Å². The third kappa shape index (κ3) is 3.23. The number of hydrogen-bond donors (Lipinski definition) is 1. The van der Waals surface area contributed by atoms with Gasteiger partial charge in [0.1, 0.15) is 16.5 Å². The minimum Gasteiger partial charge on any atom is -0.462 e. The summed E-state index contributed by atoms with van der Waals surface area (Å²) in [6.07, 6.45) is 0.511. The zero-order valence-corrected chi connectivity index (χ0v) is 10.3. The largest absolute Gasteiger partial charge is 0.462 e. The van der Waals surface area contributed by atoms with E-state index < -0.39 is 38.1 Å². The van der Waals surface area contributed by atoms with E-state index in [0.717, 1.165) is 0 Å². The first kappa shape index (κ1) is 14.5. The molecule has 18 heavy (non-hydrogen) atoms. The molecule has 0 saturated heterocycles. The van der Waals surface area contributed by atoms with E-state index in [4.69, 9.17) is 5.14 Å². The number of hydrogen-bond acceptors (Lipinski definition) is 4. The summed E-state index contributed by atoms with van der Waals surface area (Å²) in [4.78, 5) is 10.4. The van der Waals surface area contributed by atoms with Crippen LogP contribution in [-0.2, 0) is 14.8 Å². The second-order valence-electron chi connectivity index (χ2n) is 3.44. The summed E-state index contributed by atoms with van der Waals surface area (Å²) in [5, 5.41) is 4.73. The maximum absolute atomic E-state index is 13.3. The summed E-state index contributed by atoms with van der Waals surface area (Å²) in [6.45, 7) is 1.77. The fourth-order valence-electron chi connectivity index (χ4n) is 1.18. The van der Waals surface area contributed by atoms with Crippen LogP contribution in [-0.4, -0.2) is 21.0 Å². The summed E-state index contributed by atoms with van der Waals surface area (Å²) < 4.78 is 53.2. The Balaban J connectivity index is 3.26. The van der Waals surface area contributed by atoms with Crippen molar-refractivity contribution in [3.05, 3.63) is 29.3 Å². The number of halogens is 2. The number of benzene rings is 1. The number of sulfonamides is 1. The highest BCUT2D eigenvalue weighted by atomic mass is 32.2. The molecule has 0 aliphatic carbocycles. The summed E-state index contributed by atoms with van der Waals surface area (Å²) >= 11 is 0. The number of carbonyl (C=O) groups is 1. The van der Waals surface area contributed by atoms with Crippen LogP contribution in [0.3, 0.4) is 0 Å². The zero-order chi connectivity index (χ0) is 13.9. The number of ether oxygens (including phenoxy) is 1. The van der Waals surface area contributed by atoms with Crippen LogP contribution in [0.15, 0.2) is 17.0 Å². The summed E-state index contributed by atoms with van der Waals surface area (Å²) in [6, 6.07) is 0.806. The first-order chi connectivity index (χ1) is 8.27. The standard InChI is InChI=1S/C10H11F2NO4S/c1-2-3-17-10(14)6-4-9(18(13,15)16)8(12)5-7(6)11/h4-5H,2-3H2,1H3,(H2,13,15,16). The van der Waals surface area contributed by atoms with Crippen LogP contribution in [0.4, 0.5) is 8.78 Å². The Hall–Kier alpha value is -1.54. The minimum atomic E-state index is -4.38. The van der Waals surface area contributed by atoms with Crippen molar-refractivity contribution < 1.29 is 26.7 Å². The molecule has 0 aromatic heterocycles. The Bertz CT molecular complexity index is 571. The van der Waals surface area contributed by atoms with E-state index in [1.54, 1.807) is 6.92 Å². The molecular weight excluding hydrogens is 268 g/mol. The molecule has 0 radical (unpaired) electrons. The van der Waals surface area contributed by atoms with Crippen molar-refractivity contribution in [2.45, 2.75) is 18.2 Å². The molecule has 0 heterocycles. The molecule has 0 bridgehead atoms. The van der Waals surface area contributed by atoms with Crippen LogP contribution in [0.25, 0.3) is 0 Å². The van der Waals surface area contributed by atoms with E-state index in [1.807, 2.05) is 0 Å². The van der Waals surface area contributed by atoms with Crippen LogP contribution in [0.1, 0.15) is 23.7 Å². The number of esters is 1. The summed E-state index contributed by atoms with van der Waals surface area (Å²) in [5.41, 5.74) is -0.672. The van der Waals surface area contributed by atoms with Gasteiger partial charge in [0, 0.05) is 6.07 Å². The highest BCUT2D eigenvalue weighted by Crippen LogP contribution is 2.19. The lowest BCUT2D eigenvalue weighted by Crippen LogP contribution is -2.17. The fraction of sp³-hybridized carbons (Fsp3) is 0.300. The third-order valence-electron chi connectivity index (χ3n) is 1.99. The van der Waals surface area contributed by atoms with Gasteiger partial charge in [0.15, 0.2) is 0 Å². The molecule has 0 spiro atoms. The molecule has 1 aromatic rings. The van der Waals surface area contributed by atoms with E-state index >= 15 is 0 Å². The van der Waals surface area contributed by atoms with Gasteiger partial charge in [0.05, 0.1) is 12.2 Å². The van der Waals surface area contributed by atoms with Crippen molar-refractivity contribution in [2.75, 3.05) is 6.61 Å². The SMILES string of the molecule is CCCOC(=O)c1cc(S(N)(=O)=O)c(F)cc1F. The Labute approximate surface area is 103 Å². The first-order valence-electron chi connectivity index (χ1n) is 4.96. The van der Waals surface area contributed by atoms with Gasteiger partial charge >= 0.3 is 5.97 Å². The van der Waals surface area contributed by atoms with Crippen LogP contribution in [0.5, 0.6) is 0 Å². The molecule has 1 rings (SSSR count). The smallest absolute Gasteiger partial charge is 0.341 e. The predicted octanol–water partition coefficient (Wildman–Crippen LogP) is 1.18. The molecular formula is C10H11F2NO4S. The van der Waals surface area contributed by atoms with E-state index in [-0.39, 0.29) is 12.7 Å². The first-order valence-corrected chi connectivity index (χ1v) is 6.51. The van der Waals surface area contributed by atoms with Crippen LogP contribution in [0, 0.1) is 11.6 Å². The second kappa shape index (κ2) is 5.40. The average molecular weight is 279 g/mol. The highest BCUT2D eigenvalue weighted by molar-refractivity contribution is 7.89. The van der Waals surface area contributed by atoms with Gasteiger partial charge in [-0.05, 0) is 12.5 Å². The normalized spacial score (nSPS) is 11.3. The van der Waals surface area contributed by atoms with Gasteiger partial charge in [0.2, 0.25) is 10.0 Å². The molecule has 0 amide bonds. The Morgan fingerprint density at radius 3 is 2.44 bits per heavy atom. The van der Waals surface area contributed by atoms with Gasteiger partial charge < -0.3 is 4.74 Å². The third-order valence-corrected chi connectivity index (χ3v) is 2.91. The monoisotopic (exact) mass is 279 g/mol. The lowest BCUT2D eigenvalue weighted by atomic mass is 10.2. The quantitative estimate of drug-likeness (QED) is 0.838. The molecule has 0 unspecified atom stereocenters. The van der Waals surface area contributed by atoms with E-state index in [9.17, 15) is 22.0 Å². The average Bonchev–Trinajstić information content (AvgIpc) is 2.24. The van der Waals surface area contributed by atoms with E-state index in [1.165, 1.54) is 0 Å². The molecule has 0 saturated carbocycles. The topological polar surface area (TPSA) is 86.5 Å². The van der Waals surface area contributed by atoms with Crippen molar-refractivity contribution in [3.63, 3.8) is 0 Å². The van der Waals surface area contributed by atoms with Gasteiger partial charge in [-0.1, -0.05) is 6.92 Å². The second-order valence-corrected chi connectivity index (χ2v) is 4.97. The fourth-order valence-corrected chi connectivity index (χ4v) is 1.79. The Kier molecular flexibility index (Phi) is 4.36. The van der Waals surface area contributed by atoms with Crippen molar-refractivity contribution >= 4 is 16.0 Å². The molecule has 0 fully saturated rings. The van der Waals surface area contributed by atoms with Crippen molar-refractivity contribution in [1.82, 2.24) is 0 Å². The summed E-state index contributed by atoms with van der Waals surface area (Å²) in [7, 11) is -4.38. The molecule has 0 aliphatic rings. The lowest BCUT2D eigenvalue weighted by molar-refractivity contribution is 0.0499. The van der Waals surface area contributed by atoms with Gasteiger partial charge in [-0.15, -0.1) is 0 Å². The molecule has 1 aromatic carbocycles. The zero-order valence-electron chi connectivity index (χ0n) is 9.44. The number of primary sulfonamides is 1. The Morgan fingerprint density at radius 1 is 1.33 bits per heavy atom. The minimum absolute atomic E-state index is 0.0420. The molecule has 0 aliphatic heterocycles. The van der Waals surface area contributed by atoms with Crippen molar-refractivity contribution in [3.8, 4) is 0 Å². The van der Waals surface area contributed by atoms with Crippen molar-refractivity contribution in [2.24, 2.45) is 5.14 Å². The molecule has 8 heteroatoms. The lowest BCUT2D eigenvalue weighted by Gasteiger charge is -2.07. The molecule has 5 nitrogen and oxygen atoms in total. The maximum atomic E-state index is 13.3. The molecule has 2 N–H and O–H groups in total. The van der Waals surface area contributed by atoms with E-state index in [0.29, 0.717) is 12.5 Å². The van der Waals surface area contributed by atoms with Crippen LogP contribution in [0.2, 0.25) is 0 Å². The maximum Gasteiger partial charge on any atom is 0.341 e. The van der Waals surface area contributed by atoms with Gasteiger partial charge in [-0.2, -0.15) is 0 Å². The van der Waals surface area contributed by atoms with Crippen molar-refractivity contribution in [1.29, 1.82) is 0 Å². The molecule has 100 valence electrons. The van der Waals surface area contributed by atoms with Gasteiger partial charge in [0.25, 0.3) is 0 Å². The number of carbonyl (C=O) groups excluding carboxylic acids is 1. The number of nitrogens with two attached hydrogens (primary N) is 1. The van der Waals surface area contributed by atoms with Crippen LogP contribution >= 0.6 is 0 Å².